The number of nitrogens with zero attached hydrogens (tertiary/aromatic N) is 1. The molecule has 9 heavy (non-hydrogen) atoms. The quantitative estimate of drug-likeness (QED) is 0.337. The second-order valence-electron chi connectivity index (χ2n) is 2.03. The summed E-state index contributed by atoms with van der Waals surface area (Å²) in [5, 5.41) is 0.664. The number of imide groups is 1. The molecule has 0 aliphatic carbocycles. The van der Waals surface area contributed by atoms with Crippen LogP contribution in [0.4, 0.5) is 0 Å². The van der Waals surface area contributed by atoms with Gasteiger partial charge in [-0.2, -0.15) is 0 Å². The summed E-state index contributed by atoms with van der Waals surface area (Å²) in [6.45, 7) is 0. The lowest BCUT2D eigenvalue weighted by molar-refractivity contribution is -0.137. The topological polar surface area (TPSA) is 37.4 Å². The minimum Gasteiger partial charge on any atom is -0.297 e. The van der Waals surface area contributed by atoms with Gasteiger partial charge in [0.1, 0.15) is 0 Å². The molecule has 1 heterocycles. The summed E-state index contributed by atoms with van der Waals surface area (Å²) in [5.74, 6) is 0.0185. The largest absolute Gasteiger partial charge is 0.297 e. The third-order valence-electron chi connectivity index (χ3n) is 1.47. The molecule has 1 aliphatic heterocycles. The summed E-state index contributed by atoms with van der Waals surface area (Å²) in [7, 11) is 0. The van der Waals surface area contributed by atoms with Gasteiger partial charge in [0.2, 0.25) is 28.1 Å². The van der Waals surface area contributed by atoms with E-state index in [-0.39, 0.29) is 11.8 Å². The van der Waals surface area contributed by atoms with Gasteiger partial charge in [0, 0.05) is 12.8 Å². The summed E-state index contributed by atoms with van der Waals surface area (Å²) in [5.41, 5.74) is 0. The van der Waals surface area contributed by atoms with Crippen LogP contribution in [0.2, 0.25) is 0 Å². The Morgan fingerprint density at radius 2 is 1.78 bits per heavy atom. The van der Waals surface area contributed by atoms with Gasteiger partial charge in [0.25, 0.3) is 0 Å². The normalized spacial score (nSPS) is 19.3. The fourth-order valence-corrected chi connectivity index (χ4v) is 1.68. The average molecular weight is 141 g/mol. The van der Waals surface area contributed by atoms with Crippen LogP contribution in [0.15, 0.2) is 0 Å². The fraction of sp³-hybridized carbons (Fsp3) is 0.600. The highest BCUT2D eigenvalue weighted by molar-refractivity contribution is 6.14. The van der Waals surface area contributed by atoms with E-state index in [1.807, 2.05) is 0 Å². The first-order valence-electron chi connectivity index (χ1n) is 3.09. The van der Waals surface area contributed by atoms with Crippen molar-refractivity contribution in [1.29, 1.82) is 0 Å². The van der Waals surface area contributed by atoms with Crippen molar-refractivity contribution in [2.45, 2.75) is 12.8 Å². The Balaban J connectivity index is 2.66. The molecule has 0 radical (unpaired) electrons. The van der Waals surface area contributed by atoms with E-state index >= 15 is 0 Å². The molecule has 3 nitrogen and oxygen atoms in total. The molecule has 0 atom stereocenters. The Kier molecular flexibility index (Phi) is 1.89. The lowest BCUT2D eigenvalue weighted by Crippen LogP contribution is -2.29. The van der Waals surface area contributed by atoms with Crippen LogP contribution in [0.5, 0.6) is 0 Å². The lowest BCUT2D eigenvalue weighted by atomic mass is 10.4. The van der Waals surface area contributed by atoms with Crippen LogP contribution in [0.25, 0.3) is 0 Å². The first-order valence-corrected chi connectivity index (χ1v) is 4.50. The lowest BCUT2D eigenvalue weighted by Gasteiger charge is -2.08. The molecule has 0 aromatic heterocycles. The van der Waals surface area contributed by atoms with Crippen molar-refractivity contribution in [1.82, 2.24) is 4.90 Å². The molecule has 1 saturated heterocycles. The van der Waals surface area contributed by atoms with Crippen LogP contribution < -0.4 is 0 Å². The molecule has 0 aromatic carbocycles. The van der Waals surface area contributed by atoms with E-state index in [2.05, 4.69) is 0 Å². The third-order valence-corrected chi connectivity index (χ3v) is 2.10. The zero-order valence-electron chi connectivity index (χ0n) is 5.39. The Hall–Kier alpha value is -0.328. The van der Waals surface area contributed by atoms with Gasteiger partial charge >= 0.3 is 0 Å². The fourth-order valence-electron chi connectivity index (χ4n) is 0.976. The molecule has 1 aliphatic rings. The monoisotopic (exact) mass is 141 g/mol. The van der Waals surface area contributed by atoms with Gasteiger partial charge in [0.15, 0.2) is 0 Å². The van der Waals surface area contributed by atoms with E-state index in [9.17, 15) is 9.59 Å². The van der Waals surface area contributed by atoms with Crippen molar-refractivity contribution in [2.24, 2.45) is 0 Å². The Morgan fingerprint density at radius 3 is 2.00 bits per heavy atom. The second-order valence-corrected chi connectivity index (χ2v) is 2.66. The predicted octanol–water partition coefficient (Wildman–Crippen LogP) is -1.27. The molecule has 0 saturated carbocycles. The highest BCUT2D eigenvalue weighted by Gasteiger charge is 2.26. The summed E-state index contributed by atoms with van der Waals surface area (Å²) in [6, 6.07) is 0. The summed E-state index contributed by atoms with van der Waals surface area (Å²) in [6.07, 6.45) is 0.863. The summed E-state index contributed by atoms with van der Waals surface area (Å²) < 4.78 is 0. The summed E-state index contributed by atoms with van der Waals surface area (Å²) >= 11 is 0.892. The highest BCUT2D eigenvalue weighted by atomic mass is 27.0. The van der Waals surface area contributed by atoms with Gasteiger partial charge in [-0.1, -0.05) is 0 Å². The van der Waals surface area contributed by atoms with Crippen molar-refractivity contribution >= 4 is 28.1 Å². The minimum atomic E-state index is 0.00926. The van der Waals surface area contributed by atoms with Crippen LogP contribution in [0.3, 0.4) is 0 Å². The maximum Gasteiger partial charge on any atom is 0.244 e. The van der Waals surface area contributed by atoms with Crippen molar-refractivity contribution in [3.05, 3.63) is 0 Å². The van der Waals surface area contributed by atoms with Gasteiger partial charge in [-0.15, -0.1) is 0 Å². The molecule has 1 rings (SSSR count). The maximum atomic E-state index is 10.7. The van der Waals surface area contributed by atoms with Crippen LogP contribution >= 0.6 is 0 Å². The molecule has 0 aromatic rings. The SMILES string of the molecule is O=C1CCC(=O)N1[CH2][AlH2]. The van der Waals surface area contributed by atoms with Gasteiger partial charge in [-0.3, -0.25) is 14.5 Å². The third kappa shape index (κ3) is 1.15. The summed E-state index contributed by atoms with van der Waals surface area (Å²) in [4.78, 5) is 22.8. The smallest absolute Gasteiger partial charge is 0.244 e. The van der Waals surface area contributed by atoms with E-state index in [4.69, 9.17) is 0 Å². The number of amides is 2. The Morgan fingerprint density at radius 1 is 1.33 bits per heavy atom. The van der Waals surface area contributed by atoms with Crippen LogP contribution in [-0.4, -0.2) is 38.4 Å². The number of hydrogen-bond acceptors (Lipinski definition) is 2. The molecule has 4 heteroatoms. The standard InChI is InChI=1S/C5H6NO2.Al.2H/c1-6-4(7)2-3-5(6)8;;;/h1-3H2;;;. The first-order chi connectivity index (χ1) is 4.25. The molecule has 0 N–H and O–H groups in total. The van der Waals surface area contributed by atoms with Gasteiger partial charge in [0.05, 0.1) is 0 Å². The zero-order valence-corrected chi connectivity index (χ0v) is 7.39. The maximum absolute atomic E-state index is 10.7. The predicted molar refractivity (Wildman–Crippen MR) is 34.5 cm³/mol. The molecular formula is C5H8AlNO2. The van der Waals surface area contributed by atoms with Crippen molar-refractivity contribution in [3.8, 4) is 0 Å². The Bertz CT molecular complexity index is 141. The number of rotatable bonds is 1. The number of hydrogen-bond donors (Lipinski definition) is 0. The van der Waals surface area contributed by atoms with E-state index in [1.165, 1.54) is 4.90 Å². The molecule has 0 spiro atoms. The average Bonchev–Trinajstić information content (AvgIpc) is 2.12. The molecule has 0 bridgehead atoms. The van der Waals surface area contributed by atoms with Crippen LogP contribution in [0, 0.1) is 0 Å². The molecule has 48 valence electrons. The van der Waals surface area contributed by atoms with E-state index in [1.54, 1.807) is 0 Å². The number of carbonyl (C=O) groups is 2. The van der Waals surface area contributed by atoms with Gasteiger partial charge < -0.3 is 0 Å². The van der Waals surface area contributed by atoms with E-state index in [0.29, 0.717) is 18.2 Å². The van der Waals surface area contributed by atoms with Gasteiger partial charge in [-0.25, -0.2) is 0 Å². The Labute approximate surface area is 61.4 Å². The van der Waals surface area contributed by atoms with Crippen molar-refractivity contribution in [2.75, 3.05) is 5.41 Å². The number of likely N-dealkylation sites (tertiary alicyclic amines) is 1. The van der Waals surface area contributed by atoms with Crippen molar-refractivity contribution in [3.63, 3.8) is 0 Å². The molecule has 0 unspecified atom stereocenters. The first kappa shape index (κ1) is 6.79. The minimum absolute atomic E-state index is 0.00926. The molecule has 2 amide bonds. The van der Waals surface area contributed by atoms with Crippen molar-refractivity contribution < 1.29 is 9.59 Å². The number of carbonyl (C=O) groups excluding carboxylic acids is 2. The molecular weight excluding hydrogens is 133 g/mol. The van der Waals surface area contributed by atoms with Crippen LogP contribution in [-0.2, 0) is 9.59 Å². The zero-order chi connectivity index (χ0) is 6.85. The van der Waals surface area contributed by atoms with Crippen LogP contribution in [0.1, 0.15) is 12.8 Å². The highest BCUT2D eigenvalue weighted by Crippen LogP contribution is 2.09. The van der Waals surface area contributed by atoms with E-state index in [0.717, 1.165) is 16.3 Å². The van der Waals surface area contributed by atoms with E-state index < -0.39 is 0 Å². The van der Waals surface area contributed by atoms with Gasteiger partial charge in [-0.05, 0) is 5.41 Å². The molecule has 1 fully saturated rings. The second kappa shape index (κ2) is 2.51.